The van der Waals surface area contributed by atoms with Gasteiger partial charge in [-0.3, -0.25) is 4.79 Å². The van der Waals surface area contributed by atoms with E-state index in [-0.39, 0.29) is 12.3 Å². The number of aromatic nitrogens is 1. The minimum atomic E-state index is -0.000979. The maximum Gasteiger partial charge on any atom is 0.227 e. The number of fused-ring (bicyclic) bond motifs is 1. The number of nitrogens with zero attached hydrogens (tertiary/aromatic N) is 2. The van der Waals surface area contributed by atoms with E-state index in [0.717, 1.165) is 10.9 Å². The Morgan fingerprint density at radius 3 is 2.43 bits per heavy atom. The molecule has 0 aliphatic carbocycles. The number of Topliss-reactive ketones (excluding diaryl/α,β-unsaturated/α-hetero) is 1. The molecular weight excluding hydrogens is 284 g/mol. The highest BCUT2D eigenvalue weighted by atomic mass is 16.1. The molecule has 0 fully saturated rings. The van der Waals surface area contributed by atoms with Gasteiger partial charge in [0.15, 0.2) is 0 Å². The van der Waals surface area contributed by atoms with Crippen LogP contribution in [0.5, 0.6) is 0 Å². The summed E-state index contributed by atoms with van der Waals surface area (Å²) < 4.78 is 1.86. The van der Waals surface area contributed by atoms with Gasteiger partial charge in [-0.05, 0) is 12.1 Å². The van der Waals surface area contributed by atoms with Crippen molar-refractivity contribution in [2.45, 2.75) is 6.54 Å². The number of para-hydroxylation sites is 1. The van der Waals surface area contributed by atoms with Crippen molar-refractivity contribution in [2.75, 3.05) is 0 Å². The molecule has 0 aliphatic rings. The maximum atomic E-state index is 12.6. The number of allylic oxidation sites excluding steroid dienone is 1. The standard InChI is InChI=1S/C20H15N2O/c1-15(13-21)18-12-11-16-7-5-6-10-19(16)22(18)14-20(23)17-8-3-2-4-9-17/h2-12H,1,14H2/q+1. The Morgan fingerprint density at radius 2 is 1.70 bits per heavy atom. The number of hydrogen-bond donors (Lipinski definition) is 0. The van der Waals surface area contributed by atoms with E-state index >= 15 is 0 Å². The van der Waals surface area contributed by atoms with Crippen LogP contribution < -0.4 is 4.57 Å². The third kappa shape index (κ3) is 2.88. The molecule has 1 heterocycles. The van der Waals surface area contributed by atoms with Crippen molar-refractivity contribution in [1.82, 2.24) is 0 Å². The summed E-state index contributed by atoms with van der Waals surface area (Å²) in [6, 6.07) is 22.8. The van der Waals surface area contributed by atoms with Gasteiger partial charge in [0.2, 0.25) is 23.5 Å². The van der Waals surface area contributed by atoms with Crippen molar-refractivity contribution in [3.05, 3.63) is 84.6 Å². The molecule has 3 heteroatoms. The van der Waals surface area contributed by atoms with Gasteiger partial charge in [-0.1, -0.05) is 49.0 Å². The zero-order chi connectivity index (χ0) is 16.2. The Morgan fingerprint density at radius 1 is 1.00 bits per heavy atom. The van der Waals surface area contributed by atoms with Crippen molar-refractivity contribution in [2.24, 2.45) is 0 Å². The van der Waals surface area contributed by atoms with Gasteiger partial charge in [0, 0.05) is 23.1 Å². The number of carbonyl (C=O) groups is 1. The lowest BCUT2D eigenvalue weighted by Crippen LogP contribution is -2.42. The zero-order valence-electron chi connectivity index (χ0n) is 12.6. The minimum Gasteiger partial charge on any atom is -0.287 e. The average Bonchev–Trinajstić information content (AvgIpc) is 2.62. The third-order valence-electron chi connectivity index (χ3n) is 3.78. The molecule has 0 saturated carbocycles. The smallest absolute Gasteiger partial charge is 0.227 e. The predicted octanol–water partition coefficient (Wildman–Crippen LogP) is 3.55. The number of hydrogen-bond acceptors (Lipinski definition) is 2. The molecule has 110 valence electrons. The van der Waals surface area contributed by atoms with E-state index in [2.05, 4.69) is 12.6 Å². The molecule has 0 unspecified atom stereocenters. The van der Waals surface area contributed by atoms with Crippen LogP contribution >= 0.6 is 0 Å². The van der Waals surface area contributed by atoms with E-state index in [1.54, 1.807) is 12.1 Å². The van der Waals surface area contributed by atoms with Crippen LogP contribution in [0.15, 0.2) is 73.3 Å². The largest absolute Gasteiger partial charge is 0.287 e. The molecule has 2 aromatic carbocycles. The Hall–Kier alpha value is -3.25. The third-order valence-corrected chi connectivity index (χ3v) is 3.78. The lowest BCUT2D eigenvalue weighted by atomic mass is 10.1. The van der Waals surface area contributed by atoms with Crippen LogP contribution in [-0.4, -0.2) is 5.78 Å². The summed E-state index contributed by atoms with van der Waals surface area (Å²) in [7, 11) is 0. The Bertz CT molecular complexity index is 937. The normalized spacial score (nSPS) is 10.2. The summed E-state index contributed by atoms with van der Waals surface area (Å²) in [5.74, 6) is -0.000979. The summed E-state index contributed by atoms with van der Waals surface area (Å²) >= 11 is 0. The number of rotatable bonds is 4. The molecule has 23 heavy (non-hydrogen) atoms. The van der Waals surface area contributed by atoms with Gasteiger partial charge in [0.25, 0.3) is 0 Å². The van der Waals surface area contributed by atoms with Crippen LogP contribution in [0.25, 0.3) is 16.5 Å². The SMILES string of the molecule is C=C(C#N)c1ccc2ccccc2[n+]1CC(=O)c1ccccc1. The molecule has 0 radical (unpaired) electrons. The van der Waals surface area contributed by atoms with E-state index < -0.39 is 0 Å². The highest BCUT2D eigenvalue weighted by Crippen LogP contribution is 2.15. The van der Waals surface area contributed by atoms with Gasteiger partial charge in [-0.25, -0.2) is 0 Å². The second-order valence-corrected chi connectivity index (χ2v) is 5.24. The fourth-order valence-electron chi connectivity index (χ4n) is 2.61. The van der Waals surface area contributed by atoms with Crippen molar-refractivity contribution in [3.63, 3.8) is 0 Å². The van der Waals surface area contributed by atoms with E-state index in [1.807, 2.05) is 59.2 Å². The Labute approximate surface area is 134 Å². The summed E-state index contributed by atoms with van der Waals surface area (Å²) in [4.78, 5) is 12.6. The number of nitriles is 1. The first-order valence-corrected chi connectivity index (χ1v) is 7.30. The van der Waals surface area contributed by atoms with E-state index in [1.165, 1.54) is 0 Å². The second kappa shape index (κ2) is 6.25. The molecule has 0 aliphatic heterocycles. The molecule has 0 spiro atoms. The van der Waals surface area contributed by atoms with Gasteiger partial charge in [0.05, 0.1) is 0 Å². The highest BCUT2D eigenvalue weighted by Gasteiger charge is 2.21. The summed E-state index contributed by atoms with van der Waals surface area (Å²) in [6.45, 7) is 3.97. The molecule has 0 amide bonds. The molecule has 3 nitrogen and oxygen atoms in total. The van der Waals surface area contributed by atoms with E-state index in [0.29, 0.717) is 16.8 Å². The van der Waals surface area contributed by atoms with Gasteiger partial charge in [0.1, 0.15) is 11.6 Å². The molecule has 3 aromatic rings. The van der Waals surface area contributed by atoms with E-state index in [4.69, 9.17) is 0 Å². The molecular formula is C20H15N2O+. The van der Waals surface area contributed by atoms with Gasteiger partial charge >= 0.3 is 0 Å². The minimum absolute atomic E-state index is 0.000979. The molecule has 0 N–H and O–H groups in total. The maximum absolute atomic E-state index is 12.6. The molecule has 0 bridgehead atoms. The lowest BCUT2D eigenvalue weighted by Gasteiger charge is -2.06. The quantitative estimate of drug-likeness (QED) is 0.420. The molecule has 1 aromatic heterocycles. The van der Waals surface area contributed by atoms with Crippen LogP contribution in [0, 0.1) is 11.3 Å². The van der Waals surface area contributed by atoms with Gasteiger partial charge in [-0.2, -0.15) is 9.83 Å². The topological polar surface area (TPSA) is 44.7 Å². The first-order chi connectivity index (χ1) is 11.2. The first-order valence-electron chi connectivity index (χ1n) is 7.30. The van der Waals surface area contributed by atoms with Gasteiger partial charge < -0.3 is 0 Å². The van der Waals surface area contributed by atoms with E-state index in [9.17, 15) is 10.1 Å². The first kappa shape index (κ1) is 14.7. The summed E-state index contributed by atoms with van der Waals surface area (Å²) in [6.07, 6.45) is 0. The van der Waals surface area contributed by atoms with Crippen LogP contribution in [0.2, 0.25) is 0 Å². The number of ketones is 1. The van der Waals surface area contributed by atoms with Crippen LogP contribution in [0.3, 0.4) is 0 Å². The number of pyridine rings is 1. The summed E-state index contributed by atoms with van der Waals surface area (Å²) in [5, 5.41) is 10.2. The van der Waals surface area contributed by atoms with Crippen molar-refractivity contribution < 1.29 is 9.36 Å². The monoisotopic (exact) mass is 299 g/mol. The van der Waals surface area contributed by atoms with Crippen LogP contribution in [0.4, 0.5) is 0 Å². The average molecular weight is 299 g/mol. The second-order valence-electron chi connectivity index (χ2n) is 5.24. The van der Waals surface area contributed by atoms with Crippen molar-refractivity contribution in [1.29, 1.82) is 5.26 Å². The predicted molar refractivity (Wildman–Crippen MR) is 89.6 cm³/mol. The van der Waals surface area contributed by atoms with Crippen LogP contribution in [-0.2, 0) is 6.54 Å². The lowest BCUT2D eigenvalue weighted by molar-refractivity contribution is -0.659. The van der Waals surface area contributed by atoms with Crippen molar-refractivity contribution in [3.8, 4) is 6.07 Å². The molecule has 0 atom stereocenters. The molecule has 3 rings (SSSR count). The highest BCUT2D eigenvalue weighted by molar-refractivity contribution is 5.95. The van der Waals surface area contributed by atoms with Crippen LogP contribution in [0.1, 0.15) is 16.1 Å². The fraction of sp³-hybridized carbons (Fsp3) is 0.0500. The van der Waals surface area contributed by atoms with Gasteiger partial charge in [-0.15, -0.1) is 0 Å². The zero-order valence-corrected chi connectivity index (χ0v) is 12.6. The number of benzene rings is 2. The summed E-state index contributed by atoms with van der Waals surface area (Å²) in [5.41, 5.74) is 2.57. The number of carbonyl (C=O) groups excluding carboxylic acids is 1. The Kier molecular flexibility index (Phi) is 3.99. The molecule has 0 saturated heterocycles. The van der Waals surface area contributed by atoms with Crippen molar-refractivity contribution >= 4 is 22.3 Å². The Balaban J connectivity index is 2.12. The fourth-order valence-corrected chi connectivity index (χ4v) is 2.61.